The number of sulfone groups is 1. The second-order valence-electron chi connectivity index (χ2n) is 7.28. The van der Waals surface area contributed by atoms with Crippen LogP contribution in [0.5, 0.6) is 0 Å². The van der Waals surface area contributed by atoms with Gasteiger partial charge in [-0.1, -0.05) is 63.7 Å². The fourth-order valence-corrected chi connectivity index (χ4v) is 3.56. The molecule has 4 nitrogen and oxygen atoms in total. The van der Waals surface area contributed by atoms with E-state index in [1.807, 2.05) is 13.0 Å². The lowest BCUT2D eigenvalue weighted by Gasteiger charge is -2.24. The quantitative estimate of drug-likeness (QED) is 0.357. The first-order valence-corrected chi connectivity index (χ1v) is 11.9. The van der Waals surface area contributed by atoms with E-state index in [0.29, 0.717) is 4.90 Å². The van der Waals surface area contributed by atoms with Gasteiger partial charge in [0.05, 0.1) is 10.9 Å². The predicted molar refractivity (Wildman–Crippen MR) is 112 cm³/mol. The van der Waals surface area contributed by atoms with Crippen LogP contribution in [0.3, 0.4) is 0 Å². The SMILES string of the molecule is CCCCCCCCC/C=C\C(=O)N(C)[C@H](C)c1ccc(S(C)(=O)=O)cc1. The van der Waals surface area contributed by atoms with Gasteiger partial charge in [0.15, 0.2) is 9.84 Å². The zero-order chi connectivity index (χ0) is 20.3. The largest absolute Gasteiger partial charge is 0.335 e. The Labute approximate surface area is 165 Å². The normalized spacial score (nSPS) is 13.0. The smallest absolute Gasteiger partial charge is 0.246 e. The van der Waals surface area contributed by atoms with E-state index >= 15 is 0 Å². The van der Waals surface area contributed by atoms with E-state index in [0.717, 1.165) is 18.4 Å². The van der Waals surface area contributed by atoms with Crippen LogP contribution in [0.2, 0.25) is 0 Å². The molecular weight excluding hydrogens is 358 g/mol. The topological polar surface area (TPSA) is 54.5 Å². The summed E-state index contributed by atoms with van der Waals surface area (Å²) in [7, 11) is -1.43. The lowest BCUT2D eigenvalue weighted by molar-refractivity contribution is -0.126. The van der Waals surface area contributed by atoms with Crippen molar-refractivity contribution < 1.29 is 13.2 Å². The van der Waals surface area contributed by atoms with Gasteiger partial charge in [-0.15, -0.1) is 0 Å². The summed E-state index contributed by atoms with van der Waals surface area (Å²) in [5.74, 6) is -0.0300. The molecule has 5 heteroatoms. The fourth-order valence-electron chi connectivity index (χ4n) is 2.93. The van der Waals surface area contributed by atoms with Crippen LogP contribution in [-0.4, -0.2) is 32.5 Å². The number of carbonyl (C=O) groups excluding carboxylic acids is 1. The number of amides is 1. The molecule has 0 bridgehead atoms. The Morgan fingerprint density at radius 2 is 1.59 bits per heavy atom. The Morgan fingerprint density at radius 3 is 2.15 bits per heavy atom. The molecule has 0 aliphatic heterocycles. The Bertz CT molecular complexity index is 693. The van der Waals surface area contributed by atoms with Crippen molar-refractivity contribution in [2.24, 2.45) is 0 Å². The molecule has 0 radical (unpaired) electrons. The number of unbranched alkanes of at least 4 members (excludes halogenated alkanes) is 7. The summed E-state index contributed by atoms with van der Waals surface area (Å²) in [6, 6.07) is 6.61. The summed E-state index contributed by atoms with van der Waals surface area (Å²) in [5.41, 5.74) is 0.915. The van der Waals surface area contributed by atoms with Crippen molar-refractivity contribution in [2.75, 3.05) is 13.3 Å². The molecule has 1 amide bonds. The molecule has 0 aromatic heterocycles. The number of benzene rings is 1. The number of nitrogens with zero attached hydrogens (tertiary/aromatic N) is 1. The molecule has 0 unspecified atom stereocenters. The van der Waals surface area contributed by atoms with Crippen LogP contribution in [-0.2, 0) is 14.6 Å². The molecule has 0 saturated carbocycles. The van der Waals surface area contributed by atoms with Crippen molar-refractivity contribution >= 4 is 15.7 Å². The number of rotatable bonds is 12. The van der Waals surface area contributed by atoms with Crippen molar-refractivity contribution in [3.05, 3.63) is 42.0 Å². The van der Waals surface area contributed by atoms with E-state index in [1.54, 1.807) is 42.3 Å². The molecule has 1 rings (SSSR count). The van der Waals surface area contributed by atoms with E-state index in [1.165, 1.54) is 44.8 Å². The molecule has 0 saturated heterocycles. The minimum absolute atomic E-state index is 0.0300. The first-order valence-electron chi connectivity index (χ1n) is 10.0. The minimum atomic E-state index is -3.20. The average molecular weight is 394 g/mol. The number of allylic oxidation sites excluding steroid dienone is 1. The highest BCUT2D eigenvalue weighted by atomic mass is 32.2. The molecule has 0 spiro atoms. The second-order valence-corrected chi connectivity index (χ2v) is 9.29. The zero-order valence-electron chi connectivity index (χ0n) is 17.3. The lowest BCUT2D eigenvalue weighted by Crippen LogP contribution is -2.28. The van der Waals surface area contributed by atoms with Crippen LogP contribution >= 0.6 is 0 Å². The van der Waals surface area contributed by atoms with Crippen LogP contribution in [0.25, 0.3) is 0 Å². The van der Waals surface area contributed by atoms with E-state index in [-0.39, 0.29) is 11.9 Å². The molecule has 0 N–H and O–H groups in total. The van der Waals surface area contributed by atoms with Gasteiger partial charge in [0.25, 0.3) is 0 Å². The van der Waals surface area contributed by atoms with Crippen molar-refractivity contribution in [1.29, 1.82) is 0 Å². The molecule has 0 aliphatic rings. The van der Waals surface area contributed by atoms with Crippen LogP contribution in [0, 0.1) is 0 Å². The van der Waals surface area contributed by atoms with Crippen molar-refractivity contribution in [3.63, 3.8) is 0 Å². The van der Waals surface area contributed by atoms with Crippen molar-refractivity contribution in [1.82, 2.24) is 4.90 Å². The maximum absolute atomic E-state index is 12.3. The highest BCUT2D eigenvalue weighted by molar-refractivity contribution is 7.90. The summed E-state index contributed by atoms with van der Waals surface area (Å²) in [6.07, 6.45) is 14.6. The lowest BCUT2D eigenvalue weighted by atomic mass is 10.1. The summed E-state index contributed by atoms with van der Waals surface area (Å²) < 4.78 is 23.1. The molecule has 27 heavy (non-hydrogen) atoms. The van der Waals surface area contributed by atoms with Crippen LogP contribution in [0.4, 0.5) is 0 Å². The van der Waals surface area contributed by atoms with Gasteiger partial charge < -0.3 is 4.90 Å². The third-order valence-corrected chi connectivity index (χ3v) is 6.08. The summed E-state index contributed by atoms with van der Waals surface area (Å²) >= 11 is 0. The maximum atomic E-state index is 12.3. The van der Waals surface area contributed by atoms with Gasteiger partial charge in [-0.05, 0) is 43.5 Å². The van der Waals surface area contributed by atoms with Crippen LogP contribution in [0.15, 0.2) is 41.3 Å². The molecular formula is C22H35NO3S. The zero-order valence-corrected chi connectivity index (χ0v) is 18.1. The monoisotopic (exact) mass is 393 g/mol. The van der Waals surface area contributed by atoms with Crippen LogP contribution in [0.1, 0.15) is 76.8 Å². The van der Waals surface area contributed by atoms with Gasteiger partial charge in [0.1, 0.15) is 0 Å². The Kier molecular flexibility index (Phi) is 10.4. The predicted octanol–water partition coefficient (Wildman–Crippen LogP) is 5.31. The molecule has 1 aromatic rings. The summed E-state index contributed by atoms with van der Waals surface area (Å²) in [5, 5.41) is 0. The van der Waals surface area contributed by atoms with Gasteiger partial charge in [-0.3, -0.25) is 4.79 Å². The van der Waals surface area contributed by atoms with Gasteiger partial charge in [-0.25, -0.2) is 8.42 Å². The first kappa shape index (κ1) is 23.4. The van der Waals surface area contributed by atoms with Crippen molar-refractivity contribution in [3.8, 4) is 0 Å². The molecule has 1 aromatic carbocycles. The third kappa shape index (κ3) is 8.74. The third-order valence-electron chi connectivity index (χ3n) is 4.95. The standard InChI is InChI=1S/C22H35NO3S/c1-5-6-7-8-9-10-11-12-13-14-22(24)23(3)19(2)20-15-17-21(18-16-20)27(4,25)26/h13-19H,5-12H2,1-4H3/b14-13-/t19-/m1/s1. The first-order chi connectivity index (χ1) is 12.8. The second kappa shape index (κ2) is 12.0. The van der Waals surface area contributed by atoms with E-state index in [4.69, 9.17) is 0 Å². The number of hydrogen-bond acceptors (Lipinski definition) is 3. The van der Waals surface area contributed by atoms with Crippen LogP contribution < -0.4 is 0 Å². The van der Waals surface area contributed by atoms with E-state index < -0.39 is 9.84 Å². The minimum Gasteiger partial charge on any atom is -0.335 e. The molecule has 152 valence electrons. The summed E-state index contributed by atoms with van der Waals surface area (Å²) in [4.78, 5) is 14.3. The highest BCUT2D eigenvalue weighted by Gasteiger charge is 2.16. The summed E-state index contributed by atoms with van der Waals surface area (Å²) in [6.45, 7) is 4.17. The Balaban J connectivity index is 2.41. The molecule has 0 fully saturated rings. The highest BCUT2D eigenvalue weighted by Crippen LogP contribution is 2.21. The Morgan fingerprint density at radius 1 is 1.04 bits per heavy atom. The number of likely N-dealkylation sites (N-methyl/N-ethyl adjacent to an activating group) is 1. The fraction of sp³-hybridized carbons (Fsp3) is 0.591. The molecule has 1 atom stereocenters. The number of hydrogen-bond donors (Lipinski definition) is 0. The van der Waals surface area contributed by atoms with Gasteiger partial charge in [0, 0.05) is 13.3 Å². The van der Waals surface area contributed by atoms with E-state index in [2.05, 4.69) is 6.92 Å². The Hall–Kier alpha value is -1.62. The molecule has 0 heterocycles. The van der Waals surface area contributed by atoms with Crippen molar-refractivity contribution in [2.45, 2.75) is 76.2 Å². The maximum Gasteiger partial charge on any atom is 0.246 e. The van der Waals surface area contributed by atoms with E-state index in [9.17, 15) is 13.2 Å². The average Bonchev–Trinajstić information content (AvgIpc) is 2.64. The van der Waals surface area contributed by atoms with Gasteiger partial charge >= 0.3 is 0 Å². The van der Waals surface area contributed by atoms with Gasteiger partial charge in [0.2, 0.25) is 5.91 Å². The number of carbonyl (C=O) groups is 1. The molecule has 0 aliphatic carbocycles. The van der Waals surface area contributed by atoms with Gasteiger partial charge in [-0.2, -0.15) is 0 Å².